The molecule has 0 radical (unpaired) electrons. The predicted octanol–water partition coefficient (Wildman–Crippen LogP) is 4.60. The largest absolute Gasteiger partial charge is 0.497 e. The van der Waals surface area contributed by atoms with E-state index in [0.717, 1.165) is 0 Å². The van der Waals surface area contributed by atoms with E-state index in [1.54, 1.807) is 75.6 Å². The van der Waals surface area contributed by atoms with Gasteiger partial charge in [0.15, 0.2) is 11.7 Å². The Labute approximate surface area is 189 Å². The molecule has 0 aliphatic rings. The van der Waals surface area contributed by atoms with Gasteiger partial charge in [-0.3, -0.25) is 14.4 Å². The number of hydrogen-bond donors (Lipinski definition) is 0. The fourth-order valence-electron chi connectivity index (χ4n) is 3.75. The van der Waals surface area contributed by atoms with E-state index in [0.29, 0.717) is 16.9 Å². The molecular formula is C26H30O6. The van der Waals surface area contributed by atoms with Crippen LogP contribution in [0.4, 0.5) is 0 Å². The fourth-order valence-corrected chi connectivity index (χ4v) is 3.75. The van der Waals surface area contributed by atoms with Crippen LogP contribution < -0.4 is 4.74 Å². The Morgan fingerprint density at radius 1 is 0.906 bits per heavy atom. The standard InChI is InChI=1S/C26H30O6/c1-5-11-21(24(27)19-12-9-8-10-13-19)22(18-14-16-20(30-4)17-15-18)23(25(28)31-6-2)26(29)32-7-3/h5,8-10,12-17,21-23H,1,6-7,11H2,2-4H3. The lowest BCUT2D eigenvalue weighted by atomic mass is 9.72. The molecule has 2 aromatic carbocycles. The number of rotatable bonds is 12. The lowest BCUT2D eigenvalue weighted by molar-refractivity contribution is -0.163. The van der Waals surface area contributed by atoms with Crippen LogP contribution in [0.3, 0.4) is 0 Å². The molecular weight excluding hydrogens is 408 g/mol. The van der Waals surface area contributed by atoms with Crippen LogP contribution in [-0.4, -0.2) is 38.0 Å². The molecule has 2 unspecified atom stereocenters. The molecule has 0 saturated heterocycles. The summed E-state index contributed by atoms with van der Waals surface area (Å²) < 4.78 is 15.7. The molecule has 6 heteroatoms. The first kappa shape index (κ1) is 24.9. The summed E-state index contributed by atoms with van der Waals surface area (Å²) in [5.41, 5.74) is 1.12. The monoisotopic (exact) mass is 438 g/mol. The molecule has 0 fully saturated rings. The summed E-state index contributed by atoms with van der Waals surface area (Å²) in [5, 5.41) is 0. The molecule has 0 aromatic heterocycles. The molecule has 170 valence electrons. The van der Waals surface area contributed by atoms with Crippen LogP contribution in [-0.2, 0) is 19.1 Å². The van der Waals surface area contributed by atoms with Crippen molar-refractivity contribution >= 4 is 17.7 Å². The summed E-state index contributed by atoms with van der Waals surface area (Å²) in [6, 6.07) is 15.8. The van der Waals surface area contributed by atoms with Gasteiger partial charge in [-0.2, -0.15) is 0 Å². The first-order valence-corrected chi connectivity index (χ1v) is 10.7. The Kier molecular flexibility index (Phi) is 9.67. The van der Waals surface area contributed by atoms with Crippen LogP contribution >= 0.6 is 0 Å². The van der Waals surface area contributed by atoms with Crippen LogP contribution in [0.2, 0.25) is 0 Å². The molecule has 2 rings (SSSR count). The summed E-state index contributed by atoms with van der Waals surface area (Å²) in [5.74, 6) is -3.87. The van der Waals surface area contributed by atoms with Gasteiger partial charge >= 0.3 is 11.9 Å². The Hall–Kier alpha value is -3.41. The Balaban J connectivity index is 2.66. The molecule has 0 saturated carbocycles. The van der Waals surface area contributed by atoms with E-state index in [4.69, 9.17) is 14.2 Å². The van der Waals surface area contributed by atoms with Crippen molar-refractivity contribution in [3.8, 4) is 5.75 Å². The smallest absolute Gasteiger partial charge is 0.320 e. The quantitative estimate of drug-likeness (QED) is 0.209. The van der Waals surface area contributed by atoms with Crippen molar-refractivity contribution < 1.29 is 28.6 Å². The molecule has 0 bridgehead atoms. The van der Waals surface area contributed by atoms with E-state index >= 15 is 0 Å². The maximum absolute atomic E-state index is 13.6. The number of Topliss-reactive ketones (excluding diaryl/α,β-unsaturated/α-hetero) is 1. The second kappa shape index (κ2) is 12.4. The van der Waals surface area contributed by atoms with Crippen LogP contribution in [0.1, 0.15) is 42.1 Å². The summed E-state index contributed by atoms with van der Waals surface area (Å²) in [6.07, 6.45) is 1.88. The number of benzene rings is 2. The minimum Gasteiger partial charge on any atom is -0.497 e. The summed E-state index contributed by atoms with van der Waals surface area (Å²) in [7, 11) is 1.55. The molecule has 0 heterocycles. The maximum Gasteiger partial charge on any atom is 0.320 e. The minimum atomic E-state index is -1.30. The zero-order valence-electron chi connectivity index (χ0n) is 18.8. The first-order chi connectivity index (χ1) is 15.5. The zero-order chi connectivity index (χ0) is 23.5. The SMILES string of the molecule is C=CCC(C(=O)c1ccccc1)C(c1ccc(OC)cc1)C(C(=O)OCC)C(=O)OCC. The van der Waals surface area contributed by atoms with Gasteiger partial charge in [0.2, 0.25) is 0 Å². The molecule has 2 aromatic rings. The van der Waals surface area contributed by atoms with Crippen LogP contribution in [0.25, 0.3) is 0 Å². The number of ketones is 1. The van der Waals surface area contributed by atoms with E-state index in [2.05, 4.69) is 6.58 Å². The molecule has 0 aliphatic carbocycles. The third-order valence-electron chi connectivity index (χ3n) is 5.19. The molecule has 32 heavy (non-hydrogen) atoms. The van der Waals surface area contributed by atoms with E-state index in [1.165, 1.54) is 0 Å². The number of esters is 2. The van der Waals surface area contributed by atoms with Gasteiger partial charge in [0.25, 0.3) is 0 Å². The third-order valence-corrected chi connectivity index (χ3v) is 5.19. The van der Waals surface area contributed by atoms with Crippen molar-refractivity contribution in [1.82, 2.24) is 0 Å². The van der Waals surface area contributed by atoms with E-state index < -0.39 is 29.7 Å². The highest BCUT2D eigenvalue weighted by Gasteiger charge is 2.44. The minimum absolute atomic E-state index is 0.100. The number of methoxy groups -OCH3 is 1. The average Bonchev–Trinajstić information content (AvgIpc) is 2.81. The van der Waals surface area contributed by atoms with Crippen molar-refractivity contribution in [2.24, 2.45) is 11.8 Å². The van der Waals surface area contributed by atoms with E-state index in [9.17, 15) is 14.4 Å². The van der Waals surface area contributed by atoms with Crippen molar-refractivity contribution in [1.29, 1.82) is 0 Å². The van der Waals surface area contributed by atoms with Crippen LogP contribution in [0.5, 0.6) is 5.75 Å². The fraction of sp³-hybridized carbons (Fsp3) is 0.346. The van der Waals surface area contributed by atoms with Gasteiger partial charge in [-0.15, -0.1) is 6.58 Å². The normalized spacial score (nSPS) is 12.5. The number of hydrogen-bond acceptors (Lipinski definition) is 6. The molecule has 0 spiro atoms. The van der Waals surface area contributed by atoms with Gasteiger partial charge in [-0.25, -0.2) is 0 Å². The van der Waals surface area contributed by atoms with Crippen molar-refractivity contribution in [2.75, 3.05) is 20.3 Å². The highest BCUT2D eigenvalue weighted by atomic mass is 16.6. The second-order valence-electron chi connectivity index (χ2n) is 7.14. The van der Waals surface area contributed by atoms with Crippen molar-refractivity contribution in [3.05, 3.63) is 78.4 Å². The van der Waals surface area contributed by atoms with E-state index in [-0.39, 0.29) is 25.4 Å². The van der Waals surface area contributed by atoms with Gasteiger partial charge in [0, 0.05) is 17.4 Å². The van der Waals surface area contributed by atoms with Gasteiger partial charge in [-0.05, 0) is 38.0 Å². The lowest BCUT2D eigenvalue weighted by Gasteiger charge is -2.31. The summed E-state index contributed by atoms with van der Waals surface area (Å²) in [4.78, 5) is 39.5. The molecule has 0 amide bonds. The number of carbonyl (C=O) groups excluding carboxylic acids is 3. The summed E-state index contributed by atoms with van der Waals surface area (Å²) >= 11 is 0. The molecule has 0 aliphatic heterocycles. The highest BCUT2D eigenvalue weighted by molar-refractivity contribution is 6.01. The number of ether oxygens (including phenoxy) is 3. The zero-order valence-corrected chi connectivity index (χ0v) is 18.8. The Morgan fingerprint density at radius 3 is 1.94 bits per heavy atom. The van der Waals surface area contributed by atoms with Gasteiger partial charge in [0.05, 0.1) is 20.3 Å². The maximum atomic E-state index is 13.6. The molecule has 2 atom stereocenters. The van der Waals surface area contributed by atoms with Crippen molar-refractivity contribution in [3.63, 3.8) is 0 Å². The molecule has 0 N–H and O–H groups in total. The number of allylic oxidation sites excluding steroid dienone is 1. The van der Waals surface area contributed by atoms with Gasteiger partial charge in [0.1, 0.15) is 5.75 Å². The summed E-state index contributed by atoms with van der Waals surface area (Å²) in [6.45, 7) is 7.33. The van der Waals surface area contributed by atoms with Gasteiger partial charge in [-0.1, -0.05) is 48.5 Å². The number of carbonyl (C=O) groups is 3. The van der Waals surface area contributed by atoms with Crippen molar-refractivity contribution in [2.45, 2.75) is 26.2 Å². The van der Waals surface area contributed by atoms with E-state index in [1.807, 2.05) is 6.07 Å². The van der Waals surface area contributed by atoms with Crippen LogP contribution in [0.15, 0.2) is 67.3 Å². The third kappa shape index (κ3) is 6.06. The average molecular weight is 439 g/mol. The highest BCUT2D eigenvalue weighted by Crippen LogP contribution is 2.39. The van der Waals surface area contributed by atoms with Crippen LogP contribution in [0, 0.1) is 11.8 Å². The lowest BCUT2D eigenvalue weighted by Crippen LogP contribution is -2.39. The predicted molar refractivity (Wildman–Crippen MR) is 122 cm³/mol. The topological polar surface area (TPSA) is 78.9 Å². The Morgan fingerprint density at radius 2 is 1.47 bits per heavy atom. The molecule has 6 nitrogen and oxygen atoms in total. The second-order valence-corrected chi connectivity index (χ2v) is 7.14. The Bertz CT molecular complexity index is 886. The first-order valence-electron chi connectivity index (χ1n) is 10.7. The van der Waals surface area contributed by atoms with Gasteiger partial charge < -0.3 is 14.2 Å².